The lowest BCUT2D eigenvalue weighted by molar-refractivity contribution is 0.102. The van der Waals surface area contributed by atoms with Crippen molar-refractivity contribution in [3.05, 3.63) is 41.7 Å². The van der Waals surface area contributed by atoms with Crippen LogP contribution in [0, 0.1) is 6.92 Å². The summed E-state index contributed by atoms with van der Waals surface area (Å²) in [5.74, 6) is 0.338. The smallest absolute Gasteiger partial charge is 0.256 e. The SMILES string of the molecule is COCCNS(=O)(=O)c1cccc(C(=O)Nc2cc(C)on2)c1. The van der Waals surface area contributed by atoms with Crippen LogP contribution in [0.3, 0.4) is 0 Å². The molecule has 2 aromatic rings. The molecule has 0 saturated heterocycles. The molecule has 0 bridgehead atoms. The molecule has 23 heavy (non-hydrogen) atoms. The number of hydrogen-bond donors (Lipinski definition) is 2. The van der Waals surface area contributed by atoms with Crippen LogP contribution in [0.1, 0.15) is 16.1 Å². The number of sulfonamides is 1. The molecule has 0 fully saturated rings. The fraction of sp³-hybridized carbons (Fsp3) is 0.286. The van der Waals surface area contributed by atoms with Gasteiger partial charge in [-0.25, -0.2) is 13.1 Å². The molecule has 1 heterocycles. The molecule has 2 N–H and O–H groups in total. The second kappa shape index (κ2) is 7.36. The number of nitrogens with one attached hydrogen (secondary N) is 2. The van der Waals surface area contributed by atoms with Crippen LogP contribution in [0.4, 0.5) is 5.82 Å². The maximum atomic E-state index is 12.1. The molecule has 0 unspecified atom stereocenters. The van der Waals surface area contributed by atoms with E-state index in [2.05, 4.69) is 15.2 Å². The van der Waals surface area contributed by atoms with Crippen molar-refractivity contribution < 1.29 is 22.5 Å². The summed E-state index contributed by atoms with van der Waals surface area (Å²) in [4.78, 5) is 12.1. The van der Waals surface area contributed by atoms with E-state index in [1.54, 1.807) is 13.0 Å². The van der Waals surface area contributed by atoms with Crippen molar-refractivity contribution in [3.63, 3.8) is 0 Å². The third-order valence-electron chi connectivity index (χ3n) is 2.87. The number of anilines is 1. The molecule has 1 aromatic carbocycles. The van der Waals surface area contributed by atoms with Crippen molar-refractivity contribution in [2.75, 3.05) is 25.6 Å². The summed E-state index contributed by atoms with van der Waals surface area (Å²) in [6, 6.07) is 7.26. The molecule has 0 atom stereocenters. The Morgan fingerprint density at radius 1 is 1.35 bits per heavy atom. The number of amides is 1. The highest BCUT2D eigenvalue weighted by Gasteiger charge is 2.16. The highest BCUT2D eigenvalue weighted by molar-refractivity contribution is 7.89. The topological polar surface area (TPSA) is 111 Å². The highest BCUT2D eigenvalue weighted by Crippen LogP contribution is 2.14. The van der Waals surface area contributed by atoms with Crippen LogP contribution in [0.25, 0.3) is 0 Å². The lowest BCUT2D eigenvalue weighted by Gasteiger charge is -2.08. The number of hydrogen-bond acceptors (Lipinski definition) is 6. The summed E-state index contributed by atoms with van der Waals surface area (Å²) in [6.07, 6.45) is 0. The number of carbonyl (C=O) groups excluding carboxylic acids is 1. The second-order valence-electron chi connectivity index (χ2n) is 4.70. The molecule has 8 nitrogen and oxygen atoms in total. The number of benzene rings is 1. The molecular formula is C14H17N3O5S. The third-order valence-corrected chi connectivity index (χ3v) is 4.33. The predicted octanol–water partition coefficient (Wildman–Crippen LogP) is 1.16. The zero-order valence-electron chi connectivity index (χ0n) is 12.7. The van der Waals surface area contributed by atoms with E-state index in [1.807, 2.05) is 0 Å². The Balaban J connectivity index is 2.14. The van der Waals surface area contributed by atoms with Crippen molar-refractivity contribution in [1.29, 1.82) is 0 Å². The van der Waals surface area contributed by atoms with E-state index in [0.29, 0.717) is 5.76 Å². The first kappa shape index (κ1) is 17.1. The fourth-order valence-corrected chi connectivity index (χ4v) is 2.84. The normalized spacial score (nSPS) is 11.4. The Labute approximate surface area is 133 Å². The molecule has 1 aromatic heterocycles. The number of aromatic nitrogens is 1. The van der Waals surface area contributed by atoms with Gasteiger partial charge >= 0.3 is 0 Å². The number of carbonyl (C=O) groups is 1. The van der Waals surface area contributed by atoms with Crippen LogP contribution in [-0.2, 0) is 14.8 Å². The first-order valence-electron chi connectivity index (χ1n) is 6.76. The lowest BCUT2D eigenvalue weighted by atomic mass is 10.2. The Morgan fingerprint density at radius 2 is 2.13 bits per heavy atom. The van der Waals surface area contributed by atoms with E-state index in [0.717, 1.165) is 0 Å². The average molecular weight is 339 g/mol. The number of aryl methyl sites for hydroxylation is 1. The quantitative estimate of drug-likeness (QED) is 0.732. The van der Waals surface area contributed by atoms with Gasteiger partial charge in [-0.05, 0) is 25.1 Å². The van der Waals surface area contributed by atoms with Gasteiger partial charge < -0.3 is 14.6 Å². The summed E-state index contributed by atoms with van der Waals surface area (Å²) >= 11 is 0. The van der Waals surface area contributed by atoms with Crippen LogP contribution in [0.5, 0.6) is 0 Å². The molecular weight excluding hydrogens is 322 g/mol. The van der Waals surface area contributed by atoms with Crippen molar-refractivity contribution in [3.8, 4) is 0 Å². The van der Waals surface area contributed by atoms with E-state index >= 15 is 0 Å². The predicted molar refractivity (Wildman–Crippen MR) is 82.7 cm³/mol. The molecule has 0 aliphatic rings. The van der Waals surface area contributed by atoms with Gasteiger partial charge in [-0.3, -0.25) is 4.79 Å². The number of rotatable bonds is 7. The van der Waals surface area contributed by atoms with Crippen LogP contribution in [-0.4, -0.2) is 39.7 Å². The third kappa shape index (κ3) is 4.62. The minimum atomic E-state index is -3.70. The molecule has 0 spiro atoms. The van der Waals surface area contributed by atoms with Gasteiger partial charge in [0.15, 0.2) is 5.82 Å². The lowest BCUT2D eigenvalue weighted by Crippen LogP contribution is -2.27. The van der Waals surface area contributed by atoms with E-state index < -0.39 is 15.9 Å². The number of ether oxygens (including phenoxy) is 1. The monoisotopic (exact) mass is 339 g/mol. The largest absolute Gasteiger partial charge is 0.383 e. The molecule has 1 amide bonds. The van der Waals surface area contributed by atoms with Gasteiger partial charge in [0.1, 0.15) is 5.76 Å². The van der Waals surface area contributed by atoms with Gasteiger partial charge in [0.05, 0.1) is 11.5 Å². The number of nitrogens with zero attached hydrogens (tertiary/aromatic N) is 1. The van der Waals surface area contributed by atoms with E-state index in [1.165, 1.54) is 31.4 Å². The maximum Gasteiger partial charge on any atom is 0.256 e. The maximum absolute atomic E-state index is 12.1. The summed E-state index contributed by atoms with van der Waals surface area (Å²) in [7, 11) is -2.22. The average Bonchev–Trinajstić information content (AvgIpc) is 2.92. The Morgan fingerprint density at radius 3 is 2.78 bits per heavy atom. The van der Waals surface area contributed by atoms with Gasteiger partial charge in [-0.15, -0.1) is 0 Å². The highest BCUT2D eigenvalue weighted by atomic mass is 32.2. The molecule has 0 radical (unpaired) electrons. The molecule has 0 aliphatic heterocycles. The summed E-state index contributed by atoms with van der Waals surface area (Å²) in [6.45, 7) is 2.10. The van der Waals surface area contributed by atoms with Crippen LogP contribution >= 0.6 is 0 Å². The minimum Gasteiger partial charge on any atom is -0.383 e. The van der Waals surface area contributed by atoms with Gasteiger partial charge in [-0.1, -0.05) is 11.2 Å². The first-order valence-corrected chi connectivity index (χ1v) is 8.24. The Bertz CT molecular complexity index is 785. The minimum absolute atomic E-state index is 0.00223. The van der Waals surface area contributed by atoms with Crippen molar-refractivity contribution in [2.45, 2.75) is 11.8 Å². The first-order chi connectivity index (χ1) is 10.9. The van der Waals surface area contributed by atoms with Crippen LogP contribution in [0.15, 0.2) is 39.8 Å². The van der Waals surface area contributed by atoms with Crippen molar-refractivity contribution in [1.82, 2.24) is 9.88 Å². The van der Waals surface area contributed by atoms with Crippen molar-refractivity contribution in [2.24, 2.45) is 0 Å². The van der Waals surface area contributed by atoms with E-state index in [9.17, 15) is 13.2 Å². The Kier molecular flexibility index (Phi) is 5.48. The molecule has 2 rings (SSSR count). The summed E-state index contributed by atoms with van der Waals surface area (Å²) in [5.41, 5.74) is 0.195. The number of methoxy groups -OCH3 is 1. The summed E-state index contributed by atoms with van der Waals surface area (Å²) < 4.78 is 36.3. The van der Waals surface area contributed by atoms with Crippen molar-refractivity contribution >= 4 is 21.7 Å². The van der Waals surface area contributed by atoms with Gasteiger partial charge in [0.2, 0.25) is 10.0 Å². The van der Waals surface area contributed by atoms with E-state index in [4.69, 9.17) is 9.26 Å². The van der Waals surface area contributed by atoms with Gasteiger partial charge in [0.25, 0.3) is 5.91 Å². The second-order valence-corrected chi connectivity index (χ2v) is 6.46. The zero-order valence-corrected chi connectivity index (χ0v) is 13.5. The summed E-state index contributed by atoms with van der Waals surface area (Å²) in [5, 5.41) is 6.18. The zero-order chi connectivity index (χ0) is 16.9. The molecule has 0 aliphatic carbocycles. The molecule has 0 saturated carbocycles. The van der Waals surface area contributed by atoms with Crippen LogP contribution < -0.4 is 10.0 Å². The van der Waals surface area contributed by atoms with Crippen LogP contribution in [0.2, 0.25) is 0 Å². The van der Waals surface area contributed by atoms with Gasteiger partial charge in [-0.2, -0.15) is 0 Å². The van der Waals surface area contributed by atoms with E-state index in [-0.39, 0.29) is 29.4 Å². The molecule has 124 valence electrons. The molecule has 9 heteroatoms. The fourth-order valence-electron chi connectivity index (χ4n) is 1.78. The van der Waals surface area contributed by atoms with Gasteiger partial charge in [0, 0.05) is 25.3 Å². The Hall–Kier alpha value is -2.23. The standard InChI is InChI=1S/C14H17N3O5S/c1-10-8-13(17-22-10)16-14(18)11-4-3-5-12(9-11)23(19,20)15-6-7-21-2/h3-5,8-9,15H,6-7H2,1-2H3,(H,16,17,18).